The number of rotatable bonds is 3. The lowest BCUT2D eigenvalue weighted by Gasteiger charge is -2.29. The zero-order chi connectivity index (χ0) is 23.1. The van der Waals surface area contributed by atoms with E-state index in [1.807, 2.05) is 31.2 Å². The molecule has 0 spiro atoms. The maximum Gasteiger partial charge on any atom is 0.187 e. The van der Waals surface area contributed by atoms with Crippen molar-refractivity contribution in [3.63, 3.8) is 0 Å². The van der Waals surface area contributed by atoms with E-state index in [1.54, 1.807) is 0 Å². The van der Waals surface area contributed by atoms with E-state index < -0.39 is 17.4 Å². The van der Waals surface area contributed by atoms with Crippen molar-refractivity contribution < 1.29 is 13.9 Å². The van der Waals surface area contributed by atoms with Gasteiger partial charge in [0.1, 0.15) is 6.07 Å². The fourth-order valence-electron chi connectivity index (χ4n) is 4.27. The minimum Gasteiger partial charge on any atom is -0.503 e. The molecule has 1 fully saturated rings. The predicted molar refractivity (Wildman–Crippen MR) is 131 cm³/mol. The number of pyridine rings is 1. The summed E-state index contributed by atoms with van der Waals surface area (Å²) < 4.78 is 28.2. The maximum atomic E-state index is 14.1. The molecule has 10 heteroatoms. The number of fused-ring (bicyclic) bond motifs is 1. The molecule has 0 bridgehead atoms. The summed E-state index contributed by atoms with van der Waals surface area (Å²) >= 11 is 0. The molecule has 0 aliphatic carbocycles. The summed E-state index contributed by atoms with van der Waals surface area (Å²) in [6.45, 7) is 5.48. The van der Waals surface area contributed by atoms with Gasteiger partial charge in [0.15, 0.2) is 23.0 Å². The highest BCUT2D eigenvalue weighted by atomic mass is 79.9. The zero-order valence-electron chi connectivity index (χ0n) is 18.2. The molecule has 3 N–H and O–H groups in total. The Morgan fingerprint density at radius 1 is 1.06 bits per heavy atom. The predicted octanol–water partition coefficient (Wildman–Crippen LogP) is 4.44. The molecule has 3 heterocycles. The number of nitrogens with zero attached hydrogens (tertiary/aromatic N) is 4. The van der Waals surface area contributed by atoms with Crippen LogP contribution in [0.4, 0.5) is 14.5 Å². The van der Waals surface area contributed by atoms with E-state index in [0.717, 1.165) is 55.3 Å². The highest BCUT2D eigenvalue weighted by Gasteiger charge is 2.23. The molecule has 34 heavy (non-hydrogen) atoms. The number of anilines is 1. The van der Waals surface area contributed by atoms with Gasteiger partial charge in [0.05, 0.1) is 16.6 Å². The van der Waals surface area contributed by atoms with Crippen molar-refractivity contribution in [3.8, 4) is 34.2 Å². The fraction of sp³-hybridized carbons (Fsp3) is 0.208. The third kappa shape index (κ3) is 3.97. The number of H-pyrrole nitrogens is 1. The summed E-state index contributed by atoms with van der Waals surface area (Å²) in [4.78, 5) is 6.71. The third-order valence-electron chi connectivity index (χ3n) is 5.92. The second-order valence-corrected chi connectivity index (χ2v) is 7.94. The molecule has 1 aliphatic heterocycles. The molecule has 2 aromatic carbocycles. The number of hydrogen-bond donors (Lipinski definition) is 3. The Morgan fingerprint density at radius 3 is 2.32 bits per heavy atom. The van der Waals surface area contributed by atoms with Gasteiger partial charge >= 0.3 is 0 Å². The quantitative estimate of drug-likeness (QED) is 0.364. The Morgan fingerprint density at radius 2 is 1.71 bits per heavy atom. The summed E-state index contributed by atoms with van der Waals surface area (Å²) in [7, 11) is 0. The van der Waals surface area contributed by atoms with Crippen LogP contribution in [-0.4, -0.2) is 46.5 Å². The lowest BCUT2D eigenvalue weighted by molar-refractivity contribution is 0.396. The number of nitrogens with one attached hydrogen (secondary N) is 2. The average Bonchev–Trinajstić information content (AvgIpc) is 3.22. The monoisotopic (exact) mass is 526 g/mol. The van der Waals surface area contributed by atoms with Crippen LogP contribution in [0.1, 0.15) is 11.3 Å². The van der Waals surface area contributed by atoms with E-state index >= 15 is 0 Å². The van der Waals surface area contributed by atoms with Gasteiger partial charge in [-0.1, -0.05) is 12.1 Å². The van der Waals surface area contributed by atoms with E-state index in [9.17, 15) is 19.1 Å². The SMILES string of the molecule is Br.Cc1[nH]nc2nc(-c3cc(F)c(O)c(F)c3)c(C#N)c(-c3ccc(N4CCNCC4)cc3)c12. The Balaban J connectivity index is 0.00000274. The van der Waals surface area contributed by atoms with E-state index in [-0.39, 0.29) is 33.8 Å². The van der Waals surface area contributed by atoms with Crippen LogP contribution >= 0.6 is 17.0 Å². The number of benzene rings is 2. The second-order valence-electron chi connectivity index (χ2n) is 7.94. The molecule has 4 aromatic rings. The third-order valence-corrected chi connectivity index (χ3v) is 5.92. The molecular formula is C24H21BrF2N6O. The van der Waals surface area contributed by atoms with Gasteiger partial charge in [-0.15, -0.1) is 17.0 Å². The van der Waals surface area contributed by atoms with Gasteiger partial charge in [0, 0.05) is 48.7 Å². The van der Waals surface area contributed by atoms with Crippen LogP contribution < -0.4 is 10.2 Å². The Bertz CT molecular complexity index is 1380. The van der Waals surface area contributed by atoms with Gasteiger partial charge in [-0.2, -0.15) is 10.4 Å². The molecule has 1 aliphatic rings. The largest absolute Gasteiger partial charge is 0.503 e. The first kappa shape index (κ1) is 23.6. The first-order valence-electron chi connectivity index (χ1n) is 10.5. The number of aromatic hydroxyl groups is 1. The second kappa shape index (κ2) is 9.37. The molecule has 0 amide bonds. The standard InChI is InChI=1S/C24H20F2N6O.BrH/c1-13-20-21(14-2-4-16(5-3-14)32-8-6-28-7-9-32)17(12-27)22(29-24(20)31-30-13)15-10-18(25)23(33)19(26)11-15;/h2-5,10-11,28,33H,6-9H2,1H3,(H,29,30,31);1H. The van der Waals surface area contributed by atoms with Gasteiger partial charge in [-0.05, 0) is 36.8 Å². The number of phenols is 1. The number of aromatic amines is 1. The Labute approximate surface area is 204 Å². The highest BCUT2D eigenvalue weighted by Crippen LogP contribution is 2.39. The Hall–Kier alpha value is -3.55. The summed E-state index contributed by atoms with van der Waals surface area (Å²) in [5.74, 6) is -3.33. The molecule has 0 unspecified atom stereocenters. The van der Waals surface area contributed by atoms with Gasteiger partial charge in [0.25, 0.3) is 0 Å². The van der Waals surface area contributed by atoms with Crippen LogP contribution in [0.5, 0.6) is 5.75 Å². The van der Waals surface area contributed by atoms with Gasteiger partial charge in [0.2, 0.25) is 0 Å². The lowest BCUT2D eigenvalue weighted by Crippen LogP contribution is -2.43. The van der Waals surface area contributed by atoms with Crippen molar-refractivity contribution in [2.75, 3.05) is 31.1 Å². The normalized spacial score (nSPS) is 13.5. The van der Waals surface area contributed by atoms with Crippen LogP contribution in [-0.2, 0) is 0 Å². The molecule has 0 radical (unpaired) electrons. The number of piperazine rings is 1. The van der Waals surface area contributed by atoms with Crippen LogP contribution in [0.25, 0.3) is 33.4 Å². The molecule has 1 saturated heterocycles. The van der Waals surface area contributed by atoms with Gasteiger partial charge in [-0.25, -0.2) is 13.8 Å². The number of nitriles is 1. The summed E-state index contributed by atoms with van der Waals surface area (Å²) in [6.07, 6.45) is 0. The minimum atomic E-state index is -1.13. The molecule has 2 aromatic heterocycles. The van der Waals surface area contributed by atoms with Crippen molar-refractivity contribution in [2.45, 2.75) is 6.92 Å². The Kier molecular flexibility index (Phi) is 6.50. The first-order chi connectivity index (χ1) is 16.0. The summed E-state index contributed by atoms with van der Waals surface area (Å²) in [6, 6.07) is 12.0. The summed E-state index contributed by atoms with van der Waals surface area (Å²) in [5.41, 5.74) is 3.80. The first-order valence-corrected chi connectivity index (χ1v) is 10.5. The van der Waals surface area contributed by atoms with E-state index in [4.69, 9.17) is 0 Å². The van der Waals surface area contributed by atoms with Crippen molar-refractivity contribution >= 4 is 33.7 Å². The van der Waals surface area contributed by atoms with Crippen molar-refractivity contribution in [1.82, 2.24) is 20.5 Å². The molecule has 5 rings (SSSR count). The topological polar surface area (TPSA) is 101 Å². The van der Waals surface area contributed by atoms with E-state index in [0.29, 0.717) is 16.6 Å². The van der Waals surface area contributed by atoms with Crippen LogP contribution in [0.3, 0.4) is 0 Å². The number of halogens is 3. The number of hydrogen-bond acceptors (Lipinski definition) is 6. The van der Waals surface area contributed by atoms with Crippen molar-refractivity contribution in [2.24, 2.45) is 0 Å². The van der Waals surface area contributed by atoms with E-state index in [1.165, 1.54) is 0 Å². The van der Waals surface area contributed by atoms with Gasteiger partial charge in [-0.3, -0.25) is 5.10 Å². The van der Waals surface area contributed by atoms with E-state index in [2.05, 4.69) is 31.5 Å². The fourth-order valence-corrected chi connectivity index (χ4v) is 4.27. The van der Waals surface area contributed by atoms with Crippen molar-refractivity contribution in [3.05, 3.63) is 59.3 Å². The van der Waals surface area contributed by atoms with Crippen LogP contribution in [0, 0.1) is 29.9 Å². The number of phenolic OH excluding ortho intramolecular Hbond substituents is 1. The van der Waals surface area contributed by atoms with Gasteiger partial charge < -0.3 is 15.3 Å². The zero-order valence-corrected chi connectivity index (χ0v) is 19.9. The molecule has 7 nitrogen and oxygen atoms in total. The highest BCUT2D eigenvalue weighted by molar-refractivity contribution is 8.93. The maximum absolute atomic E-state index is 14.1. The smallest absolute Gasteiger partial charge is 0.187 e. The van der Waals surface area contributed by atoms with Crippen LogP contribution in [0.15, 0.2) is 36.4 Å². The lowest BCUT2D eigenvalue weighted by atomic mass is 9.93. The molecule has 0 atom stereocenters. The molecule has 174 valence electrons. The van der Waals surface area contributed by atoms with Crippen LogP contribution in [0.2, 0.25) is 0 Å². The molecular weight excluding hydrogens is 506 g/mol. The van der Waals surface area contributed by atoms with Crippen molar-refractivity contribution in [1.29, 1.82) is 5.26 Å². The average molecular weight is 527 g/mol. The summed E-state index contributed by atoms with van der Waals surface area (Å²) in [5, 5.41) is 30.7. The molecule has 0 saturated carbocycles. The number of aryl methyl sites for hydroxylation is 1. The minimum absolute atomic E-state index is 0. The number of aromatic nitrogens is 3.